The lowest BCUT2D eigenvalue weighted by Crippen LogP contribution is -2.30. The zero-order chi connectivity index (χ0) is 9.19. The van der Waals surface area contributed by atoms with E-state index in [1.54, 1.807) is 6.20 Å². The lowest BCUT2D eigenvalue weighted by atomic mass is 10.0. The van der Waals surface area contributed by atoms with Crippen LogP contribution >= 0.6 is 12.4 Å². The maximum Gasteiger partial charge on any atom is 0.173 e. The van der Waals surface area contributed by atoms with Gasteiger partial charge in [0.1, 0.15) is 0 Å². The molecule has 1 aliphatic heterocycles. The fourth-order valence-electron chi connectivity index (χ4n) is 1.33. The minimum Gasteiger partial charge on any atom is -0.390 e. The van der Waals surface area contributed by atoms with Gasteiger partial charge in [-0.15, -0.1) is 12.4 Å². The third-order valence-electron chi connectivity index (χ3n) is 2.00. The van der Waals surface area contributed by atoms with Gasteiger partial charge in [0.2, 0.25) is 0 Å². The third kappa shape index (κ3) is 3.17. The first-order valence-electron chi connectivity index (χ1n) is 3.89. The summed E-state index contributed by atoms with van der Waals surface area (Å²) in [6.45, 7) is 1.21. The van der Waals surface area contributed by atoms with E-state index >= 15 is 0 Å². The molecule has 6 heteroatoms. The van der Waals surface area contributed by atoms with E-state index in [0.717, 1.165) is 13.0 Å². The summed E-state index contributed by atoms with van der Waals surface area (Å²) in [5, 5.41) is 2.91. The summed E-state index contributed by atoms with van der Waals surface area (Å²) in [4.78, 5) is 0.441. The molecule has 0 saturated heterocycles. The maximum atomic E-state index is 11.2. The zero-order valence-electron chi connectivity index (χ0n) is 7.49. The van der Waals surface area contributed by atoms with Crippen LogP contribution in [0.2, 0.25) is 0 Å². The molecule has 0 bridgehead atoms. The minimum absolute atomic E-state index is 0. The Morgan fingerprint density at radius 3 is 2.69 bits per heavy atom. The molecule has 1 unspecified atom stereocenters. The van der Waals surface area contributed by atoms with Crippen LogP contribution in [0, 0.1) is 5.92 Å². The first-order valence-corrected chi connectivity index (χ1v) is 5.78. The summed E-state index contributed by atoms with van der Waals surface area (Å²) in [6.07, 6.45) is 3.58. The summed E-state index contributed by atoms with van der Waals surface area (Å²) in [7, 11) is -3.07. The predicted molar refractivity (Wildman–Crippen MR) is 55.3 cm³/mol. The Morgan fingerprint density at radius 1 is 1.69 bits per heavy atom. The van der Waals surface area contributed by atoms with Crippen molar-refractivity contribution in [1.29, 1.82) is 0 Å². The molecule has 0 aliphatic carbocycles. The van der Waals surface area contributed by atoms with Gasteiger partial charge in [-0.2, -0.15) is 0 Å². The lowest BCUT2D eigenvalue weighted by Gasteiger charge is -2.21. The molecule has 4 nitrogen and oxygen atoms in total. The minimum atomic E-state index is -3.07. The van der Waals surface area contributed by atoms with Gasteiger partial charge in [0.25, 0.3) is 0 Å². The van der Waals surface area contributed by atoms with Crippen LogP contribution in [0.5, 0.6) is 0 Å². The van der Waals surface area contributed by atoms with Crippen LogP contribution in [0.1, 0.15) is 6.42 Å². The van der Waals surface area contributed by atoms with E-state index in [9.17, 15) is 8.42 Å². The van der Waals surface area contributed by atoms with E-state index < -0.39 is 9.84 Å². The summed E-state index contributed by atoms with van der Waals surface area (Å²) in [5.74, 6) is 0.00116. The van der Waals surface area contributed by atoms with Crippen LogP contribution < -0.4 is 11.1 Å². The van der Waals surface area contributed by atoms with E-state index in [1.165, 1.54) is 6.26 Å². The molecule has 13 heavy (non-hydrogen) atoms. The van der Waals surface area contributed by atoms with Crippen LogP contribution in [-0.4, -0.2) is 27.8 Å². The quantitative estimate of drug-likeness (QED) is 0.688. The Bertz CT molecular complexity index is 287. The van der Waals surface area contributed by atoms with E-state index in [2.05, 4.69) is 5.32 Å². The second kappa shape index (κ2) is 4.83. The fourth-order valence-corrected chi connectivity index (χ4v) is 2.45. The van der Waals surface area contributed by atoms with Gasteiger partial charge in [-0.3, -0.25) is 0 Å². The number of hydrogen-bond acceptors (Lipinski definition) is 4. The number of sulfone groups is 1. The number of hydrogen-bond donors (Lipinski definition) is 2. The highest BCUT2D eigenvalue weighted by molar-refractivity contribution is 7.94. The second-order valence-electron chi connectivity index (χ2n) is 2.99. The topological polar surface area (TPSA) is 72.2 Å². The highest BCUT2D eigenvalue weighted by Gasteiger charge is 2.23. The Kier molecular flexibility index (Phi) is 4.74. The number of halogens is 1. The zero-order valence-corrected chi connectivity index (χ0v) is 9.12. The highest BCUT2D eigenvalue weighted by atomic mass is 35.5. The molecule has 0 aromatic rings. The van der Waals surface area contributed by atoms with Crippen molar-refractivity contribution >= 4 is 22.2 Å². The molecule has 1 rings (SSSR count). The number of nitrogens with two attached hydrogens (primary N) is 1. The van der Waals surface area contributed by atoms with E-state index in [1.807, 2.05) is 0 Å². The molecule has 1 aliphatic rings. The summed E-state index contributed by atoms with van der Waals surface area (Å²) in [5.41, 5.74) is 5.46. The monoisotopic (exact) mass is 226 g/mol. The van der Waals surface area contributed by atoms with Gasteiger partial charge in [-0.05, 0) is 13.0 Å². The van der Waals surface area contributed by atoms with Crippen molar-refractivity contribution in [3.8, 4) is 0 Å². The van der Waals surface area contributed by atoms with Crippen molar-refractivity contribution in [1.82, 2.24) is 5.32 Å². The fraction of sp³-hybridized carbons (Fsp3) is 0.714. The molecule has 78 valence electrons. The van der Waals surface area contributed by atoms with E-state index in [0.29, 0.717) is 11.4 Å². The smallest absolute Gasteiger partial charge is 0.173 e. The van der Waals surface area contributed by atoms with Crippen LogP contribution in [0.3, 0.4) is 0 Å². The molecule has 3 N–H and O–H groups in total. The average Bonchev–Trinajstić information content (AvgIpc) is 2.03. The Hall–Kier alpha value is -0.260. The first kappa shape index (κ1) is 12.7. The van der Waals surface area contributed by atoms with Crippen LogP contribution in [0.4, 0.5) is 0 Å². The predicted octanol–water partition coefficient (Wildman–Crippen LogP) is -0.138. The molecule has 0 fully saturated rings. The lowest BCUT2D eigenvalue weighted by molar-refractivity contribution is 0.531. The summed E-state index contributed by atoms with van der Waals surface area (Å²) >= 11 is 0. The van der Waals surface area contributed by atoms with E-state index in [4.69, 9.17) is 5.73 Å². The van der Waals surface area contributed by atoms with Gasteiger partial charge < -0.3 is 11.1 Å². The van der Waals surface area contributed by atoms with Crippen LogP contribution in [0.25, 0.3) is 0 Å². The molecule has 0 aromatic carbocycles. The van der Waals surface area contributed by atoms with Gasteiger partial charge in [-0.25, -0.2) is 8.42 Å². The molecule has 0 aromatic heterocycles. The van der Waals surface area contributed by atoms with Crippen molar-refractivity contribution in [3.63, 3.8) is 0 Å². The third-order valence-corrected chi connectivity index (χ3v) is 3.30. The van der Waals surface area contributed by atoms with Crippen molar-refractivity contribution in [2.75, 3.05) is 19.3 Å². The number of nitrogens with one attached hydrogen (secondary N) is 1. The largest absolute Gasteiger partial charge is 0.390 e. The average molecular weight is 227 g/mol. The highest BCUT2D eigenvalue weighted by Crippen LogP contribution is 2.20. The van der Waals surface area contributed by atoms with Crippen molar-refractivity contribution in [2.45, 2.75) is 6.42 Å². The number of rotatable bonds is 2. The molecular weight excluding hydrogens is 212 g/mol. The van der Waals surface area contributed by atoms with Gasteiger partial charge >= 0.3 is 0 Å². The molecule has 0 spiro atoms. The van der Waals surface area contributed by atoms with Crippen molar-refractivity contribution < 1.29 is 8.42 Å². The van der Waals surface area contributed by atoms with Gasteiger partial charge in [-0.1, -0.05) is 0 Å². The first-order chi connectivity index (χ1) is 5.55. The summed E-state index contributed by atoms with van der Waals surface area (Å²) < 4.78 is 22.4. The second-order valence-corrected chi connectivity index (χ2v) is 5.01. The molecule has 0 saturated carbocycles. The standard InChI is InChI=1S/C7H14N2O2S.ClH/c1-12(10,11)7-5-9-3-2-6(7)4-8;/h5-6,9H,2-4,8H2,1H3;1H. The molecule has 1 atom stereocenters. The normalized spacial score (nSPS) is 22.6. The maximum absolute atomic E-state index is 11.2. The van der Waals surface area contributed by atoms with Crippen molar-refractivity contribution in [2.24, 2.45) is 11.7 Å². The molecule has 0 radical (unpaired) electrons. The van der Waals surface area contributed by atoms with Crippen LogP contribution in [-0.2, 0) is 9.84 Å². The van der Waals surface area contributed by atoms with Gasteiger partial charge in [0.05, 0.1) is 4.91 Å². The Balaban J connectivity index is 0.00000144. The molecular formula is C7H15ClN2O2S. The van der Waals surface area contributed by atoms with Gasteiger partial charge in [0, 0.05) is 24.9 Å². The Labute approximate surface area is 84.9 Å². The Morgan fingerprint density at radius 2 is 2.31 bits per heavy atom. The summed E-state index contributed by atoms with van der Waals surface area (Å²) in [6, 6.07) is 0. The van der Waals surface area contributed by atoms with Crippen molar-refractivity contribution in [3.05, 3.63) is 11.1 Å². The van der Waals surface area contributed by atoms with E-state index in [-0.39, 0.29) is 18.3 Å². The SMILES string of the molecule is CS(=O)(=O)C1=CNCCC1CN.Cl. The van der Waals surface area contributed by atoms with Crippen LogP contribution in [0.15, 0.2) is 11.1 Å². The molecule has 0 amide bonds. The molecule has 1 heterocycles. The van der Waals surface area contributed by atoms with Gasteiger partial charge in [0.15, 0.2) is 9.84 Å².